The van der Waals surface area contributed by atoms with Crippen molar-refractivity contribution in [1.29, 1.82) is 0 Å². The lowest BCUT2D eigenvalue weighted by Gasteiger charge is -2.01. The highest BCUT2D eigenvalue weighted by atomic mass is 14.9. The molecule has 2 heteroatoms. The molecule has 2 nitrogen and oxygen atoms in total. The molecule has 3 rings (SSSR count). The molecule has 0 saturated heterocycles. The standard InChI is InChI=1S/C41H4.C13H10N2/c1-3-5-7-9-11-13-15-17-19-21-23-25-27-29-31-33-35-37-39-41-40-38-36-34-32-30-28-26-24-22-20-18-16-14-12-10-8-6-4-2;1-2-5-10(6-3-1)11-7-4-8-12-13(11)15-9-14-12/h1H,2H3;1-9H,(H,14,15). The van der Waals surface area contributed by atoms with Gasteiger partial charge in [-0.3, -0.25) is 0 Å². The summed E-state index contributed by atoms with van der Waals surface area (Å²) in [4.78, 5) is 7.46. The molecule has 1 N–H and O–H groups in total. The van der Waals surface area contributed by atoms with E-state index in [1.807, 2.05) is 30.3 Å². The van der Waals surface area contributed by atoms with Crippen LogP contribution in [0, 0.1) is 237 Å². The molecule has 0 aliphatic carbocycles. The third-order valence-electron chi connectivity index (χ3n) is 4.98. The van der Waals surface area contributed by atoms with E-state index >= 15 is 0 Å². The maximum absolute atomic E-state index is 4.93. The van der Waals surface area contributed by atoms with Gasteiger partial charge in [0.2, 0.25) is 0 Å². The first-order chi connectivity index (χ1) is 27.9. The summed E-state index contributed by atoms with van der Waals surface area (Å²) in [6.45, 7) is 1.69. The van der Waals surface area contributed by atoms with Gasteiger partial charge in [0.1, 0.15) is 0 Å². The first kappa shape index (κ1) is 41.3. The number of aromatic amines is 1. The SMILES string of the molecule is C#CC#CC#CC#CC#CC#CC#CC#CC#CC#CC#CC#CC#CC#CC#CC#CC#CC#CC#CC#CC.c1ccc(-c2cccc3[nH]cnc23)cc1. The summed E-state index contributed by atoms with van der Waals surface area (Å²) >= 11 is 0. The van der Waals surface area contributed by atoms with Crippen LogP contribution in [0.3, 0.4) is 0 Å². The van der Waals surface area contributed by atoms with E-state index in [1.165, 1.54) is 11.1 Å². The fraction of sp³-hybridized carbons (Fsp3) is 0.0185. The van der Waals surface area contributed by atoms with Crippen LogP contribution in [0.4, 0.5) is 0 Å². The number of hydrogen-bond donors (Lipinski definition) is 1. The van der Waals surface area contributed by atoms with Crippen LogP contribution >= 0.6 is 0 Å². The molecule has 56 heavy (non-hydrogen) atoms. The van der Waals surface area contributed by atoms with Gasteiger partial charge in [-0.2, -0.15) is 0 Å². The summed E-state index contributed by atoms with van der Waals surface area (Å²) in [7, 11) is 0. The number of H-pyrrole nitrogens is 1. The molecule has 0 aliphatic rings. The molecule has 0 spiro atoms. The summed E-state index contributed by atoms with van der Waals surface area (Å²) in [5, 5.41) is 0. The highest BCUT2D eigenvalue weighted by Gasteiger charge is 2.04. The van der Waals surface area contributed by atoms with Crippen LogP contribution in [-0.2, 0) is 0 Å². The zero-order valence-corrected chi connectivity index (χ0v) is 29.2. The fourth-order valence-electron chi connectivity index (χ4n) is 3.01. The molecule has 1 heterocycles. The Morgan fingerprint density at radius 2 is 0.696 bits per heavy atom. The number of para-hydroxylation sites is 1. The molecule has 0 saturated carbocycles. The van der Waals surface area contributed by atoms with Crippen LogP contribution in [-0.4, -0.2) is 9.97 Å². The molecule has 3 aromatic rings. The van der Waals surface area contributed by atoms with Crippen LogP contribution in [0.25, 0.3) is 22.2 Å². The summed E-state index contributed by atoms with van der Waals surface area (Å²) in [6, 6.07) is 16.5. The molecule has 0 fully saturated rings. The van der Waals surface area contributed by atoms with Crippen molar-refractivity contribution in [2.24, 2.45) is 0 Å². The predicted octanol–water partition coefficient (Wildman–Crippen LogP) is 3.93. The summed E-state index contributed by atoms with van der Waals surface area (Å²) in [6.07, 6.45) is 6.66. The van der Waals surface area contributed by atoms with Gasteiger partial charge in [-0.25, -0.2) is 4.98 Å². The zero-order valence-electron chi connectivity index (χ0n) is 29.2. The van der Waals surface area contributed by atoms with Crippen molar-refractivity contribution in [1.82, 2.24) is 9.97 Å². The van der Waals surface area contributed by atoms with Crippen LogP contribution in [0.2, 0.25) is 0 Å². The van der Waals surface area contributed by atoms with Crippen molar-refractivity contribution in [2.75, 3.05) is 0 Å². The van der Waals surface area contributed by atoms with Crippen molar-refractivity contribution < 1.29 is 0 Å². The van der Waals surface area contributed by atoms with Gasteiger partial charge in [0.25, 0.3) is 0 Å². The number of terminal acetylenes is 1. The van der Waals surface area contributed by atoms with Crippen molar-refractivity contribution in [3.8, 4) is 248 Å². The molecule has 240 valence electrons. The Kier molecular flexibility index (Phi) is 23.1. The monoisotopic (exact) mass is 690 g/mol. The van der Waals surface area contributed by atoms with E-state index in [-0.39, 0.29) is 0 Å². The molecule has 0 aliphatic heterocycles. The van der Waals surface area contributed by atoms with Gasteiger partial charge in [0.15, 0.2) is 0 Å². The average molecular weight is 691 g/mol. The number of fused-ring (bicyclic) bond motifs is 1. The van der Waals surface area contributed by atoms with E-state index in [9.17, 15) is 0 Å². The summed E-state index contributed by atoms with van der Waals surface area (Å²) in [5.41, 5.74) is 4.49. The third-order valence-corrected chi connectivity index (χ3v) is 4.98. The second-order valence-electron chi connectivity index (χ2n) is 8.49. The molecule has 0 bridgehead atoms. The lowest BCUT2D eigenvalue weighted by atomic mass is 10.0. The lowest BCUT2D eigenvalue weighted by molar-refractivity contribution is 1.34. The Bertz CT molecular complexity index is 3310. The topological polar surface area (TPSA) is 28.7 Å². The smallest absolute Gasteiger partial charge is 0.0960 e. The van der Waals surface area contributed by atoms with Crippen LogP contribution in [0.1, 0.15) is 6.92 Å². The summed E-state index contributed by atoms with van der Waals surface area (Å²) < 4.78 is 0. The Balaban J connectivity index is 0.000000585. The molecule has 1 aromatic heterocycles. The van der Waals surface area contributed by atoms with Gasteiger partial charge in [0.05, 0.1) is 17.4 Å². The molecule has 0 radical (unpaired) electrons. The Hall–Kier alpha value is -10.9. The van der Waals surface area contributed by atoms with Crippen molar-refractivity contribution in [3.63, 3.8) is 0 Å². The number of imidazole rings is 1. The number of aromatic nitrogens is 2. The zero-order chi connectivity index (χ0) is 39.7. The van der Waals surface area contributed by atoms with E-state index in [4.69, 9.17) is 6.42 Å². The molecular formula is C54H14N2. The van der Waals surface area contributed by atoms with Crippen molar-refractivity contribution in [2.45, 2.75) is 6.92 Å². The number of nitrogens with zero attached hydrogens (tertiary/aromatic N) is 1. The molecule has 0 atom stereocenters. The lowest BCUT2D eigenvalue weighted by Crippen LogP contribution is -1.79. The van der Waals surface area contributed by atoms with E-state index in [2.05, 4.69) is 259 Å². The average Bonchev–Trinajstić information content (AvgIpc) is 3.72. The number of rotatable bonds is 1. The number of benzene rings is 2. The molecule has 0 amide bonds. The van der Waals surface area contributed by atoms with E-state index in [1.54, 1.807) is 13.3 Å². The quantitative estimate of drug-likeness (QED) is 0.386. The van der Waals surface area contributed by atoms with Crippen LogP contribution in [0.15, 0.2) is 54.9 Å². The second kappa shape index (κ2) is 31.4. The molecular weight excluding hydrogens is 677 g/mol. The second-order valence-corrected chi connectivity index (χ2v) is 8.49. The minimum absolute atomic E-state index is 1.03. The Labute approximate surface area is 330 Å². The maximum Gasteiger partial charge on any atom is 0.0960 e. The maximum atomic E-state index is 4.93. The molecule has 0 unspecified atom stereocenters. The van der Waals surface area contributed by atoms with Gasteiger partial charge in [-0.1, -0.05) is 48.4 Å². The number of hydrogen-bond acceptors (Lipinski definition) is 1. The highest BCUT2D eigenvalue weighted by Crippen LogP contribution is 2.25. The fourth-order valence-corrected chi connectivity index (χ4v) is 3.01. The number of nitrogens with one attached hydrogen (secondary N) is 1. The van der Waals surface area contributed by atoms with E-state index < -0.39 is 0 Å². The first-order valence-corrected chi connectivity index (χ1v) is 15.2. The van der Waals surface area contributed by atoms with E-state index in [0.29, 0.717) is 0 Å². The van der Waals surface area contributed by atoms with Gasteiger partial charge >= 0.3 is 0 Å². The predicted molar refractivity (Wildman–Crippen MR) is 224 cm³/mol. The van der Waals surface area contributed by atoms with Crippen LogP contribution in [0.5, 0.6) is 0 Å². The van der Waals surface area contributed by atoms with Crippen molar-refractivity contribution >= 4 is 11.0 Å². The van der Waals surface area contributed by atoms with E-state index in [0.717, 1.165) is 11.0 Å². The first-order valence-electron chi connectivity index (χ1n) is 15.2. The van der Waals surface area contributed by atoms with Gasteiger partial charge in [-0.15, -0.1) is 6.42 Å². The largest absolute Gasteiger partial charge is 0.345 e. The van der Waals surface area contributed by atoms with Crippen molar-refractivity contribution in [3.05, 3.63) is 54.9 Å². The summed E-state index contributed by atoms with van der Waals surface area (Å²) in [5.74, 6) is 96.9. The molecule has 2 aromatic carbocycles. The highest BCUT2D eigenvalue weighted by molar-refractivity contribution is 5.91. The van der Waals surface area contributed by atoms with Gasteiger partial charge < -0.3 is 4.98 Å². The third kappa shape index (κ3) is 21.9. The normalized spacial score (nSPS) is 5.71. The van der Waals surface area contributed by atoms with Gasteiger partial charge in [0, 0.05) is 136 Å². The Morgan fingerprint density at radius 3 is 1.02 bits per heavy atom. The van der Waals surface area contributed by atoms with Crippen LogP contribution < -0.4 is 0 Å². The minimum atomic E-state index is 1.03. The minimum Gasteiger partial charge on any atom is -0.345 e. The Morgan fingerprint density at radius 1 is 0.375 bits per heavy atom. The van der Waals surface area contributed by atoms with Gasteiger partial charge in [-0.05, 0) is 113 Å².